The molecule has 0 heterocycles. The van der Waals surface area contributed by atoms with Crippen LogP contribution >= 0.6 is 0 Å². The second-order valence-corrected chi connectivity index (χ2v) is 12.8. The van der Waals surface area contributed by atoms with Crippen molar-refractivity contribution in [2.24, 2.45) is 11.8 Å². The normalized spacial score (nSPS) is 13.3. The minimum Gasteiger partial charge on any atom is -0.381 e. The molecular formula is C36H74O. The second-order valence-electron chi connectivity index (χ2n) is 12.8. The summed E-state index contributed by atoms with van der Waals surface area (Å²) in [6, 6.07) is 0. The Morgan fingerprint density at radius 3 is 0.838 bits per heavy atom. The molecule has 0 saturated carbocycles. The van der Waals surface area contributed by atoms with Crippen molar-refractivity contribution in [2.75, 3.05) is 13.2 Å². The number of hydrogen-bond donors (Lipinski definition) is 0. The highest BCUT2D eigenvalue weighted by molar-refractivity contribution is 4.55. The Kier molecular flexibility index (Phi) is 32.1. The van der Waals surface area contributed by atoms with Crippen LogP contribution in [-0.4, -0.2) is 13.2 Å². The smallest absolute Gasteiger partial charge is 0.0466 e. The highest BCUT2D eigenvalue weighted by Crippen LogP contribution is 2.18. The summed E-state index contributed by atoms with van der Waals surface area (Å²) in [6.07, 6.45) is 39.9. The van der Waals surface area contributed by atoms with E-state index in [2.05, 4.69) is 27.7 Å². The predicted octanol–water partition coefficient (Wildman–Crippen LogP) is 13.2. The van der Waals surface area contributed by atoms with Crippen LogP contribution in [0, 0.1) is 11.8 Å². The number of rotatable bonds is 32. The van der Waals surface area contributed by atoms with Gasteiger partial charge in [0.1, 0.15) is 0 Å². The molecule has 1 heteroatoms. The molecule has 0 N–H and O–H groups in total. The third kappa shape index (κ3) is 32.1. The first kappa shape index (κ1) is 37.0. The van der Waals surface area contributed by atoms with Gasteiger partial charge in [0.2, 0.25) is 0 Å². The largest absolute Gasteiger partial charge is 0.381 e. The van der Waals surface area contributed by atoms with Gasteiger partial charge >= 0.3 is 0 Å². The quantitative estimate of drug-likeness (QED) is 0.0798. The summed E-state index contributed by atoms with van der Waals surface area (Å²) in [4.78, 5) is 0. The zero-order valence-electron chi connectivity index (χ0n) is 26.8. The van der Waals surface area contributed by atoms with Crippen molar-refractivity contribution >= 4 is 0 Å². The predicted molar refractivity (Wildman–Crippen MR) is 170 cm³/mol. The van der Waals surface area contributed by atoms with E-state index in [1.807, 2.05) is 0 Å². The summed E-state index contributed by atoms with van der Waals surface area (Å²) in [5.41, 5.74) is 0. The molecule has 0 fully saturated rings. The maximum atomic E-state index is 5.87. The monoisotopic (exact) mass is 523 g/mol. The Morgan fingerprint density at radius 1 is 0.324 bits per heavy atom. The molecule has 0 aromatic heterocycles. The van der Waals surface area contributed by atoms with Crippen molar-refractivity contribution in [3.63, 3.8) is 0 Å². The first-order chi connectivity index (χ1) is 18.2. The van der Waals surface area contributed by atoms with E-state index in [1.165, 1.54) is 180 Å². The molecule has 0 bridgehead atoms. The van der Waals surface area contributed by atoms with Gasteiger partial charge in [0.05, 0.1) is 0 Å². The van der Waals surface area contributed by atoms with E-state index in [9.17, 15) is 0 Å². The molecule has 224 valence electrons. The number of unbranched alkanes of at least 4 members (excludes halogenated alkanes) is 20. The summed E-state index contributed by atoms with van der Waals surface area (Å²) < 4.78 is 5.87. The number of hydrogen-bond acceptors (Lipinski definition) is 1. The van der Waals surface area contributed by atoms with Gasteiger partial charge in [0.15, 0.2) is 0 Å². The van der Waals surface area contributed by atoms with Gasteiger partial charge in [0, 0.05) is 13.2 Å². The van der Waals surface area contributed by atoms with Gasteiger partial charge in [-0.3, -0.25) is 0 Å². The van der Waals surface area contributed by atoms with Gasteiger partial charge in [-0.1, -0.05) is 195 Å². The topological polar surface area (TPSA) is 9.23 Å². The van der Waals surface area contributed by atoms with E-state index in [4.69, 9.17) is 4.74 Å². The first-order valence-corrected chi connectivity index (χ1v) is 17.8. The Bertz CT molecular complexity index is 356. The van der Waals surface area contributed by atoms with Gasteiger partial charge in [-0.25, -0.2) is 0 Å². The molecule has 0 aliphatic carbocycles. The minimum absolute atomic E-state index is 0.953. The Labute approximate surface area is 237 Å². The molecule has 0 aliphatic rings. The van der Waals surface area contributed by atoms with Crippen LogP contribution in [0.4, 0.5) is 0 Å². The summed E-state index contributed by atoms with van der Waals surface area (Å²) >= 11 is 0. The van der Waals surface area contributed by atoms with E-state index < -0.39 is 0 Å². The van der Waals surface area contributed by atoms with Gasteiger partial charge in [0.25, 0.3) is 0 Å². The molecule has 0 aromatic rings. The molecule has 0 amide bonds. The highest BCUT2D eigenvalue weighted by atomic mass is 16.5. The lowest BCUT2D eigenvalue weighted by Gasteiger charge is -2.09. The van der Waals surface area contributed by atoms with E-state index in [1.54, 1.807) is 0 Å². The molecule has 0 aromatic carbocycles. The van der Waals surface area contributed by atoms with Crippen LogP contribution in [0.2, 0.25) is 0 Å². The van der Waals surface area contributed by atoms with E-state index in [0.29, 0.717) is 0 Å². The van der Waals surface area contributed by atoms with Crippen molar-refractivity contribution in [2.45, 2.75) is 207 Å². The van der Waals surface area contributed by atoms with Crippen LogP contribution in [0.15, 0.2) is 0 Å². The van der Waals surface area contributed by atoms with Crippen LogP contribution in [0.25, 0.3) is 0 Å². The summed E-state index contributed by atoms with van der Waals surface area (Å²) in [7, 11) is 0. The van der Waals surface area contributed by atoms with Crippen molar-refractivity contribution < 1.29 is 4.74 Å². The van der Waals surface area contributed by atoms with Crippen molar-refractivity contribution in [3.05, 3.63) is 0 Å². The molecule has 2 unspecified atom stereocenters. The van der Waals surface area contributed by atoms with E-state index in [0.717, 1.165) is 25.0 Å². The van der Waals surface area contributed by atoms with Crippen molar-refractivity contribution in [1.29, 1.82) is 0 Å². The third-order valence-corrected chi connectivity index (χ3v) is 8.53. The van der Waals surface area contributed by atoms with Crippen molar-refractivity contribution in [3.8, 4) is 0 Å². The maximum Gasteiger partial charge on any atom is 0.0466 e. The third-order valence-electron chi connectivity index (χ3n) is 8.53. The van der Waals surface area contributed by atoms with Gasteiger partial charge in [-0.15, -0.1) is 0 Å². The lowest BCUT2D eigenvalue weighted by molar-refractivity contribution is 0.125. The van der Waals surface area contributed by atoms with Crippen LogP contribution < -0.4 is 0 Å². The maximum absolute atomic E-state index is 5.87. The number of ether oxygens (including phenoxy) is 1. The molecule has 0 rings (SSSR count). The summed E-state index contributed by atoms with van der Waals surface area (Å²) in [6.45, 7) is 11.5. The van der Waals surface area contributed by atoms with E-state index in [-0.39, 0.29) is 0 Å². The fraction of sp³-hybridized carbons (Fsp3) is 1.00. The molecular weight excluding hydrogens is 448 g/mol. The average molecular weight is 523 g/mol. The van der Waals surface area contributed by atoms with Crippen LogP contribution in [-0.2, 0) is 4.74 Å². The standard InChI is InChI=1S/C36H74O/c1-5-29-35(3)31-25-21-17-13-9-7-11-15-19-23-27-33-37-34-28-24-20-16-12-8-10-14-18-22-26-32-36(4)30-6-2/h35-36H,5-34H2,1-4H3. The molecule has 0 radical (unpaired) electrons. The molecule has 0 saturated heterocycles. The fourth-order valence-electron chi connectivity index (χ4n) is 5.95. The average Bonchev–Trinajstić information content (AvgIpc) is 2.88. The van der Waals surface area contributed by atoms with Crippen molar-refractivity contribution in [1.82, 2.24) is 0 Å². The van der Waals surface area contributed by atoms with Gasteiger partial charge in [-0.2, -0.15) is 0 Å². The summed E-state index contributed by atoms with van der Waals surface area (Å²) in [5, 5.41) is 0. The molecule has 1 nitrogen and oxygen atoms in total. The highest BCUT2D eigenvalue weighted by Gasteiger charge is 2.01. The van der Waals surface area contributed by atoms with Crippen LogP contribution in [0.1, 0.15) is 207 Å². The van der Waals surface area contributed by atoms with E-state index >= 15 is 0 Å². The SMILES string of the molecule is CCCC(C)CCCCCCCCCCCCCOCCCCCCCCCCCCCC(C)CCC. The molecule has 0 spiro atoms. The Hall–Kier alpha value is -0.0400. The zero-order chi connectivity index (χ0) is 27.1. The molecule has 37 heavy (non-hydrogen) atoms. The fourth-order valence-corrected chi connectivity index (χ4v) is 5.95. The van der Waals surface area contributed by atoms with Crippen LogP contribution in [0.5, 0.6) is 0 Å². The van der Waals surface area contributed by atoms with Gasteiger partial charge in [-0.05, 0) is 24.7 Å². The Morgan fingerprint density at radius 2 is 0.568 bits per heavy atom. The van der Waals surface area contributed by atoms with Gasteiger partial charge < -0.3 is 4.74 Å². The molecule has 0 aliphatic heterocycles. The minimum atomic E-state index is 0.953. The second kappa shape index (κ2) is 32.2. The molecule has 2 atom stereocenters. The summed E-state index contributed by atoms with van der Waals surface area (Å²) in [5.74, 6) is 1.91. The first-order valence-electron chi connectivity index (χ1n) is 17.8. The lowest BCUT2D eigenvalue weighted by atomic mass is 9.98. The lowest BCUT2D eigenvalue weighted by Crippen LogP contribution is -1.97. The Balaban J connectivity index is 3.07. The van der Waals surface area contributed by atoms with Crippen LogP contribution in [0.3, 0.4) is 0 Å². The zero-order valence-corrected chi connectivity index (χ0v) is 26.8.